The summed E-state index contributed by atoms with van der Waals surface area (Å²) in [6, 6.07) is 15.4. The van der Waals surface area contributed by atoms with Gasteiger partial charge in [0.05, 0.1) is 11.4 Å². The van der Waals surface area contributed by atoms with Crippen molar-refractivity contribution in [1.82, 2.24) is 34.8 Å². The average Bonchev–Trinajstić information content (AvgIpc) is 3.15. The molecule has 3 heterocycles. The maximum Gasteiger partial charge on any atom is 0.232 e. The molecule has 6 aromatic rings. The van der Waals surface area contributed by atoms with E-state index in [1.54, 1.807) is 14.1 Å². The van der Waals surface area contributed by atoms with E-state index in [1.807, 2.05) is 76.2 Å². The molecule has 7 rings (SSSR count). The Morgan fingerprint density at radius 3 is 1.69 bits per heavy atom. The summed E-state index contributed by atoms with van der Waals surface area (Å²) in [7, 11) is 3.15. The van der Waals surface area contributed by atoms with Gasteiger partial charge in [-0.3, -0.25) is 4.90 Å². The molecule has 1 aliphatic heterocycles. The van der Waals surface area contributed by atoms with E-state index in [0.717, 1.165) is 54.6 Å². The molecule has 55 heavy (non-hydrogen) atoms. The summed E-state index contributed by atoms with van der Waals surface area (Å²) in [4.78, 5) is 32.1. The van der Waals surface area contributed by atoms with E-state index in [4.69, 9.17) is 4.98 Å². The summed E-state index contributed by atoms with van der Waals surface area (Å²) in [6.07, 6.45) is 0. The lowest BCUT2D eigenvalue weighted by Gasteiger charge is -2.34. The number of rotatable bonds is 11. The fraction of sp³-hybridized carbons (Fsp3) is 0.316. The number of piperazine rings is 1. The largest absolute Gasteiger partial charge is 0.505 e. The SMILES string of the molecule is CN=Nc1c(C)cc2cccc(Nc3nc(C)nc(NCCN4CCN(c5nc(C)nc(Nc6cccc7cc(C)c(N=NC)c(O)c67)n5)CC4)n3)c2c1O. The summed E-state index contributed by atoms with van der Waals surface area (Å²) in [5, 5.41) is 51.1. The van der Waals surface area contributed by atoms with E-state index in [1.165, 1.54) is 0 Å². The minimum atomic E-state index is 0.0442. The van der Waals surface area contributed by atoms with Crippen LogP contribution in [0, 0.1) is 27.7 Å². The predicted octanol–water partition coefficient (Wildman–Crippen LogP) is 7.16. The first-order chi connectivity index (χ1) is 26.6. The van der Waals surface area contributed by atoms with Gasteiger partial charge in [-0.25, -0.2) is 0 Å². The van der Waals surface area contributed by atoms with Crippen molar-refractivity contribution in [2.45, 2.75) is 27.7 Å². The first-order valence-corrected chi connectivity index (χ1v) is 17.9. The zero-order valence-electron chi connectivity index (χ0n) is 31.6. The number of azo groups is 2. The van der Waals surface area contributed by atoms with Gasteiger partial charge in [0.25, 0.3) is 0 Å². The van der Waals surface area contributed by atoms with Crippen molar-refractivity contribution in [1.29, 1.82) is 0 Å². The molecule has 1 aliphatic rings. The highest BCUT2D eigenvalue weighted by Crippen LogP contribution is 2.43. The van der Waals surface area contributed by atoms with Crippen molar-refractivity contribution in [3.05, 3.63) is 71.3 Å². The van der Waals surface area contributed by atoms with Crippen LogP contribution in [0.3, 0.4) is 0 Å². The minimum Gasteiger partial charge on any atom is -0.505 e. The van der Waals surface area contributed by atoms with Crippen LogP contribution in [0.2, 0.25) is 0 Å². The van der Waals surface area contributed by atoms with E-state index >= 15 is 0 Å². The number of hydrogen-bond donors (Lipinski definition) is 5. The van der Waals surface area contributed by atoms with Crippen LogP contribution in [-0.2, 0) is 0 Å². The van der Waals surface area contributed by atoms with Crippen LogP contribution in [0.25, 0.3) is 21.5 Å². The molecule has 0 aliphatic carbocycles. The fourth-order valence-corrected chi connectivity index (χ4v) is 6.80. The normalized spacial score (nSPS) is 13.7. The van der Waals surface area contributed by atoms with Crippen LogP contribution >= 0.6 is 0 Å². The second-order valence-electron chi connectivity index (χ2n) is 13.2. The third kappa shape index (κ3) is 7.87. The molecule has 5 N–H and O–H groups in total. The van der Waals surface area contributed by atoms with E-state index in [9.17, 15) is 10.2 Å². The van der Waals surface area contributed by atoms with Gasteiger partial charge in [0.2, 0.25) is 23.8 Å². The number of aromatic hydroxyl groups is 2. The number of benzene rings is 4. The van der Waals surface area contributed by atoms with Crippen LogP contribution in [0.1, 0.15) is 22.8 Å². The molecule has 2 aromatic heterocycles. The molecule has 0 saturated carbocycles. The minimum absolute atomic E-state index is 0.0442. The first kappa shape index (κ1) is 36.7. The van der Waals surface area contributed by atoms with Gasteiger partial charge in [0.15, 0.2) is 11.5 Å². The lowest BCUT2D eigenvalue weighted by atomic mass is 10.0. The first-order valence-electron chi connectivity index (χ1n) is 17.9. The van der Waals surface area contributed by atoms with Gasteiger partial charge in [0, 0.05) is 64.1 Å². The maximum atomic E-state index is 11.1. The molecule has 0 radical (unpaired) electrons. The van der Waals surface area contributed by atoms with Crippen LogP contribution in [0.15, 0.2) is 69.0 Å². The molecule has 0 spiro atoms. The zero-order valence-corrected chi connectivity index (χ0v) is 31.6. The van der Waals surface area contributed by atoms with Crippen molar-refractivity contribution in [3.8, 4) is 11.5 Å². The smallest absolute Gasteiger partial charge is 0.232 e. The molecule has 282 valence electrons. The standard InChI is InChI=1S/C38H43N15O2/c1-21-19-25-9-7-11-27(29(25)33(54)31(21)50-39-5)46-36-43-23(3)42-35(48-36)41-13-14-52-15-17-53(18-16-52)38-45-24(4)44-37(49-38)47-28-12-8-10-26-20-22(2)32(51-40-6)34(55)30(26)28/h7-12,19-20,54-55H,13-18H2,1-6H3,(H,44,45,47,49)(H2,41,42,43,46,48). The number of aromatic nitrogens is 6. The van der Waals surface area contributed by atoms with Crippen molar-refractivity contribution in [3.63, 3.8) is 0 Å². The number of phenols is 2. The molecule has 1 fully saturated rings. The Balaban J connectivity index is 0.978. The Morgan fingerprint density at radius 1 is 0.636 bits per heavy atom. The molecule has 4 aromatic carbocycles. The maximum absolute atomic E-state index is 11.1. The predicted molar refractivity (Wildman–Crippen MR) is 214 cm³/mol. The molecule has 17 nitrogen and oxygen atoms in total. The molecule has 0 amide bonds. The topological polar surface area (TPSA) is 210 Å². The average molecular weight is 742 g/mol. The van der Waals surface area contributed by atoms with E-state index < -0.39 is 0 Å². The Labute approximate surface area is 317 Å². The molecule has 1 saturated heterocycles. The highest BCUT2D eigenvalue weighted by atomic mass is 16.3. The second kappa shape index (κ2) is 15.8. The van der Waals surface area contributed by atoms with Gasteiger partial charge < -0.3 is 31.1 Å². The van der Waals surface area contributed by atoms with Gasteiger partial charge in [-0.1, -0.05) is 24.3 Å². The van der Waals surface area contributed by atoms with Crippen LogP contribution in [0.5, 0.6) is 11.5 Å². The quantitative estimate of drug-likeness (QED) is 0.0836. The highest BCUT2D eigenvalue weighted by molar-refractivity contribution is 6.04. The molecule has 17 heteroatoms. The summed E-state index contributed by atoms with van der Waals surface area (Å²) in [6.45, 7) is 11.9. The lowest BCUT2D eigenvalue weighted by molar-refractivity contribution is 0.266. The van der Waals surface area contributed by atoms with Gasteiger partial charge in [-0.2, -0.15) is 50.4 Å². The van der Waals surface area contributed by atoms with Crippen molar-refractivity contribution < 1.29 is 10.2 Å². The van der Waals surface area contributed by atoms with E-state index in [0.29, 0.717) is 75.5 Å². The molecular formula is C38H43N15O2. The number of aryl methyl sites for hydroxylation is 4. The second-order valence-corrected chi connectivity index (χ2v) is 13.2. The number of nitrogens with one attached hydrogen (secondary N) is 3. The number of phenolic OH excluding ortho intramolecular Hbond substituents is 2. The number of fused-ring (bicyclic) bond motifs is 2. The Morgan fingerprint density at radius 2 is 1.15 bits per heavy atom. The monoisotopic (exact) mass is 741 g/mol. The number of hydrogen-bond acceptors (Lipinski definition) is 17. The van der Waals surface area contributed by atoms with Crippen molar-refractivity contribution in [2.24, 2.45) is 20.5 Å². The number of nitrogens with zero attached hydrogens (tertiary/aromatic N) is 12. The van der Waals surface area contributed by atoms with E-state index in [2.05, 4.69) is 71.1 Å². The van der Waals surface area contributed by atoms with Crippen LogP contribution < -0.4 is 20.9 Å². The molecular weight excluding hydrogens is 699 g/mol. The zero-order chi connectivity index (χ0) is 38.6. The highest BCUT2D eigenvalue weighted by Gasteiger charge is 2.21. The third-order valence-corrected chi connectivity index (χ3v) is 9.35. The summed E-state index contributed by atoms with van der Waals surface area (Å²) < 4.78 is 0. The fourth-order valence-electron chi connectivity index (χ4n) is 6.80. The third-order valence-electron chi connectivity index (χ3n) is 9.35. The van der Waals surface area contributed by atoms with Gasteiger partial charge in [0.1, 0.15) is 23.0 Å². The molecule has 0 bridgehead atoms. The van der Waals surface area contributed by atoms with Gasteiger partial charge >= 0.3 is 0 Å². The molecule has 0 unspecified atom stereocenters. The van der Waals surface area contributed by atoms with Crippen molar-refractivity contribution in [2.75, 3.05) is 74.2 Å². The lowest BCUT2D eigenvalue weighted by Crippen LogP contribution is -2.48. The van der Waals surface area contributed by atoms with Crippen LogP contribution in [-0.4, -0.2) is 98.4 Å². The summed E-state index contributed by atoms with van der Waals surface area (Å²) in [5.41, 5.74) is 3.81. The molecule has 0 atom stereocenters. The summed E-state index contributed by atoms with van der Waals surface area (Å²) in [5.74, 6) is 3.03. The van der Waals surface area contributed by atoms with E-state index in [-0.39, 0.29) is 11.5 Å². The van der Waals surface area contributed by atoms with Crippen LogP contribution in [0.4, 0.5) is 46.5 Å². The Kier molecular flexibility index (Phi) is 10.5. The van der Waals surface area contributed by atoms with Gasteiger partial charge in [-0.15, -0.1) is 0 Å². The summed E-state index contributed by atoms with van der Waals surface area (Å²) >= 11 is 0. The number of anilines is 6. The van der Waals surface area contributed by atoms with Gasteiger partial charge in [-0.05, 0) is 73.9 Å². The Hall–Kier alpha value is -6.62. The van der Waals surface area contributed by atoms with Crippen molar-refractivity contribution >= 4 is 68.1 Å². The Bertz CT molecular complexity index is 2440.